The molecule has 0 fully saturated rings. The third-order valence-corrected chi connectivity index (χ3v) is 3.40. The number of nitrogens with one attached hydrogen (secondary N) is 1. The van der Waals surface area contributed by atoms with Crippen LogP contribution in [0.15, 0.2) is 60.2 Å². The summed E-state index contributed by atoms with van der Waals surface area (Å²) in [5.41, 5.74) is 1.89. The predicted molar refractivity (Wildman–Crippen MR) is 95.7 cm³/mol. The lowest BCUT2D eigenvalue weighted by atomic mass is 10.1. The Morgan fingerprint density at radius 3 is 2.52 bits per heavy atom. The molecule has 0 spiro atoms. The number of nitriles is 1. The molecular weight excluding hydrogens is 316 g/mol. The van der Waals surface area contributed by atoms with Gasteiger partial charge in [-0.25, -0.2) is 0 Å². The van der Waals surface area contributed by atoms with Crippen molar-refractivity contribution in [3.63, 3.8) is 0 Å². The van der Waals surface area contributed by atoms with E-state index in [1.165, 1.54) is 0 Å². The van der Waals surface area contributed by atoms with Crippen molar-refractivity contribution in [3.8, 4) is 11.8 Å². The molecule has 0 aliphatic heterocycles. The minimum atomic E-state index is -0.413. The number of hydrogen-bond acceptors (Lipinski definition) is 4. The van der Waals surface area contributed by atoms with Crippen LogP contribution >= 0.6 is 0 Å². The fraction of sp³-hybridized carbons (Fsp3) is 0.200. The van der Waals surface area contributed by atoms with Crippen LogP contribution in [0.3, 0.4) is 0 Å². The molecule has 0 aliphatic rings. The first kappa shape index (κ1) is 18.2. The lowest BCUT2D eigenvalue weighted by molar-refractivity contribution is -0.117. The summed E-state index contributed by atoms with van der Waals surface area (Å²) in [4.78, 5) is 11.9. The van der Waals surface area contributed by atoms with E-state index >= 15 is 0 Å². The van der Waals surface area contributed by atoms with Crippen LogP contribution in [0.2, 0.25) is 0 Å². The van der Waals surface area contributed by atoms with Gasteiger partial charge in [-0.05, 0) is 29.3 Å². The SMILES string of the molecule is COCCNC(=O)/C(C#N)=C/c1ccc(OCc2ccccc2)cc1. The summed E-state index contributed by atoms with van der Waals surface area (Å²) in [5, 5.41) is 11.8. The molecule has 5 nitrogen and oxygen atoms in total. The van der Waals surface area contributed by atoms with Crippen LogP contribution in [0, 0.1) is 11.3 Å². The topological polar surface area (TPSA) is 71.3 Å². The molecule has 0 bridgehead atoms. The maximum Gasteiger partial charge on any atom is 0.262 e. The molecule has 1 N–H and O–H groups in total. The van der Waals surface area contributed by atoms with Crippen molar-refractivity contribution in [3.05, 3.63) is 71.3 Å². The Kier molecular flexibility index (Phi) is 7.23. The van der Waals surface area contributed by atoms with Crippen LogP contribution in [-0.4, -0.2) is 26.2 Å². The summed E-state index contributed by atoms with van der Waals surface area (Å²) in [7, 11) is 1.55. The Bertz CT molecular complexity index is 747. The molecule has 0 saturated carbocycles. The number of carbonyl (C=O) groups excluding carboxylic acids is 1. The fourth-order valence-electron chi connectivity index (χ4n) is 2.08. The lowest BCUT2D eigenvalue weighted by Gasteiger charge is -2.07. The average molecular weight is 336 g/mol. The molecular formula is C20H20N2O3. The van der Waals surface area contributed by atoms with Gasteiger partial charge in [-0.1, -0.05) is 42.5 Å². The monoisotopic (exact) mass is 336 g/mol. The Balaban J connectivity index is 1.95. The van der Waals surface area contributed by atoms with E-state index in [1.807, 2.05) is 48.5 Å². The molecule has 0 aromatic heterocycles. The molecule has 2 aromatic carbocycles. The first-order chi connectivity index (χ1) is 12.2. The molecule has 0 saturated heterocycles. The van der Waals surface area contributed by atoms with E-state index in [0.717, 1.165) is 16.9 Å². The number of carbonyl (C=O) groups is 1. The van der Waals surface area contributed by atoms with Gasteiger partial charge in [-0.2, -0.15) is 5.26 Å². The van der Waals surface area contributed by atoms with Gasteiger partial charge in [0.1, 0.15) is 24.0 Å². The van der Waals surface area contributed by atoms with Crippen molar-refractivity contribution in [1.82, 2.24) is 5.32 Å². The van der Waals surface area contributed by atoms with Crippen molar-refractivity contribution >= 4 is 12.0 Å². The van der Waals surface area contributed by atoms with Crippen LogP contribution in [-0.2, 0) is 16.1 Å². The van der Waals surface area contributed by atoms with Gasteiger partial charge in [-0.15, -0.1) is 0 Å². The Morgan fingerprint density at radius 1 is 1.16 bits per heavy atom. The summed E-state index contributed by atoms with van der Waals surface area (Å²) in [5.74, 6) is 0.313. The smallest absolute Gasteiger partial charge is 0.262 e. The van der Waals surface area contributed by atoms with E-state index in [9.17, 15) is 4.79 Å². The minimum absolute atomic E-state index is 0.0501. The molecule has 0 atom stereocenters. The zero-order valence-electron chi connectivity index (χ0n) is 14.1. The van der Waals surface area contributed by atoms with E-state index in [-0.39, 0.29) is 5.57 Å². The highest BCUT2D eigenvalue weighted by molar-refractivity contribution is 6.01. The standard InChI is InChI=1S/C20H20N2O3/c1-24-12-11-22-20(23)18(14-21)13-16-7-9-19(10-8-16)25-15-17-5-3-2-4-6-17/h2-10,13H,11-12,15H2,1H3,(H,22,23)/b18-13+. The zero-order valence-corrected chi connectivity index (χ0v) is 14.1. The average Bonchev–Trinajstić information content (AvgIpc) is 2.66. The summed E-state index contributed by atoms with van der Waals surface area (Å²) < 4.78 is 10.6. The quantitative estimate of drug-likeness (QED) is 0.457. The Hall–Kier alpha value is -3.10. The Morgan fingerprint density at radius 2 is 1.88 bits per heavy atom. The number of ether oxygens (including phenoxy) is 2. The summed E-state index contributed by atoms with van der Waals surface area (Å²) in [6.45, 7) is 1.25. The first-order valence-corrected chi connectivity index (χ1v) is 7.88. The summed E-state index contributed by atoms with van der Waals surface area (Å²) in [6, 6.07) is 19.0. The molecule has 5 heteroatoms. The molecule has 2 rings (SSSR count). The third-order valence-electron chi connectivity index (χ3n) is 3.40. The number of rotatable bonds is 8. The van der Waals surface area contributed by atoms with Gasteiger partial charge in [0.15, 0.2) is 0 Å². The predicted octanol–water partition coefficient (Wildman–Crippen LogP) is 2.94. The normalized spacial score (nSPS) is 10.8. The lowest BCUT2D eigenvalue weighted by Crippen LogP contribution is -2.27. The number of amides is 1. The summed E-state index contributed by atoms with van der Waals surface area (Å²) in [6.07, 6.45) is 1.54. The van der Waals surface area contributed by atoms with E-state index in [2.05, 4.69) is 5.32 Å². The number of nitrogens with zero attached hydrogens (tertiary/aromatic N) is 1. The van der Waals surface area contributed by atoms with E-state index in [0.29, 0.717) is 19.8 Å². The highest BCUT2D eigenvalue weighted by Gasteiger charge is 2.08. The van der Waals surface area contributed by atoms with Crippen molar-refractivity contribution < 1.29 is 14.3 Å². The van der Waals surface area contributed by atoms with Crippen molar-refractivity contribution in [2.45, 2.75) is 6.61 Å². The third kappa shape index (κ3) is 6.13. The second kappa shape index (κ2) is 9.91. The van der Waals surface area contributed by atoms with E-state index < -0.39 is 5.91 Å². The second-order valence-corrected chi connectivity index (χ2v) is 5.26. The largest absolute Gasteiger partial charge is 0.489 e. The van der Waals surface area contributed by atoms with Crippen molar-refractivity contribution in [1.29, 1.82) is 5.26 Å². The van der Waals surface area contributed by atoms with Gasteiger partial charge in [0.25, 0.3) is 5.91 Å². The highest BCUT2D eigenvalue weighted by Crippen LogP contribution is 2.16. The van der Waals surface area contributed by atoms with Crippen LogP contribution in [0.5, 0.6) is 5.75 Å². The molecule has 0 unspecified atom stereocenters. The van der Waals surface area contributed by atoms with Gasteiger partial charge in [0.2, 0.25) is 0 Å². The minimum Gasteiger partial charge on any atom is -0.489 e. The molecule has 1 amide bonds. The van der Waals surface area contributed by atoms with Gasteiger partial charge in [-0.3, -0.25) is 4.79 Å². The number of benzene rings is 2. The van der Waals surface area contributed by atoms with Crippen LogP contribution in [0.25, 0.3) is 6.08 Å². The van der Waals surface area contributed by atoms with Crippen molar-refractivity contribution in [2.75, 3.05) is 20.3 Å². The van der Waals surface area contributed by atoms with E-state index in [1.54, 1.807) is 25.3 Å². The van der Waals surface area contributed by atoms with Gasteiger partial charge in [0, 0.05) is 13.7 Å². The number of hydrogen-bond donors (Lipinski definition) is 1. The maximum atomic E-state index is 11.9. The Labute approximate surface area is 147 Å². The van der Waals surface area contributed by atoms with Crippen LogP contribution < -0.4 is 10.1 Å². The molecule has 0 radical (unpaired) electrons. The van der Waals surface area contributed by atoms with Crippen molar-refractivity contribution in [2.24, 2.45) is 0 Å². The molecule has 25 heavy (non-hydrogen) atoms. The molecule has 0 heterocycles. The van der Waals surface area contributed by atoms with Gasteiger partial charge >= 0.3 is 0 Å². The van der Waals surface area contributed by atoms with Gasteiger partial charge in [0.05, 0.1) is 6.61 Å². The summed E-state index contributed by atoms with van der Waals surface area (Å²) >= 11 is 0. The zero-order chi connectivity index (χ0) is 17.9. The molecule has 2 aromatic rings. The molecule has 0 aliphatic carbocycles. The second-order valence-electron chi connectivity index (χ2n) is 5.26. The van der Waals surface area contributed by atoms with E-state index in [4.69, 9.17) is 14.7 Å². The fourth-order valence-corrected chi connectivity index (χ4v) is 2.08. The van der Waals surface area contributed by atoms with Gasteiger partial charge < -0.3 is 14.8 Å². The highest BCUT2D eigenvalue weighted by atomic mass is 16.5. The number of methoxy groups -OCH3 is 1. The van der Waals surface area contributed by atoms with Crippen LogP contribution in [0.1, 0.15) is 11.1 Å². The first-order valence-electron chi connectivity index (χ1n) is 7.88. The maximum absolute atomic E-state index is 11.9. The molecule has 128 valence electrons. The van der Waals surface area contributed by atoms with Crippen LogP contribution in [0.4, 0.5) is 0 Å².